The quantitative estimate of drug-likeness (QED) is 0.509. The molecule has 0 bridgehead atoms. The highest BCUT2D eigenvalue weighted by Crippen LogP contribution is 2.09. The molecular formula is C13H29NO4. The number of rotatable bonds is 12. The van der Waals surface area contributed by atoms with Crippen molar-refractivity contribution < 1.29 is 19.3 Å². The Hall–Kier alpha value is -0.200. The summed E-state index contributed by atoms with van der Waals surface area (Å²) in [6.45, 7) is 6.60. The van der Waals surface area contributed by atoms with Gasteiger partial charge >= 0.3 is 0 Å². The highest BCUT2D eigenvalue weighted by molar-refractivity contribution is 4.74. The molecule has 0 spiro atoms. The lowest BCUT2D eigenvalue weighted by Gasteiger charge is -2.23. The third-order valence-electron chi connectivity index (χ3n) is 2.60. The van der Waals surface area contributed by atoms with Crippen LogP contribution in [0.5, 0.6) is 0 Å². The molecule has 0 fully saturated rings. The number of methoxy groups -OCH3 is 1. The van der Waals surface area contributed by atoms with Gasteiger partial charge in [-0.1, -0.05) is 13.8 Å². The first kappa shape index (κ1) is 17.8. The number of ether oxygens (including phenoxy) is 3. The van der Waals surface area contributed by atoms with E-state index < -0.39 is 0 Å². The smallest absolute Gasteiger partial charge is 0.0956 e. The molecule has 18 heavy (non-hydrogen) atoms. The van der Waals surface area contributed by atoms with E-state index in [0.717, 1.165) is 12.8 Å². The van der Waals surface area contributed by atoms with Crippen molar-refractivity contribution >= 4 is 0 Å². The molecule has 5 nitrogen and oxygen atoms in total. The van der Waals surface area contributed by atoms with Gasteiger partial charge in [-0.2, -0.15) is 0 Å². The minimum Gasteiger partial charge on any atom is -0.394 e. The zero-order valence-corrected chi connectivity index (χ0v) is 11.9. The SMILES string of the molecule is COCCOCCCOC(CO)C(N)CC(C)C. The van der Waals surface area contributed by atoms with Crippen LogP contribution in [0.4, 0.5) is 0 Å². The van der Waals surface area contributed by atoms with E-state index in [4.69, 9.17) is 19.9 Å². The predicted octanol–water partition coefficient (Wildman–Crippen LogP) is 0.790. The number of aliphatic hydroxyl groups excluding tert-OH is 1. The van der Waals surface area contributed by atoms with Crippen LogP contribution in [-0.4, -0.2) is 57.4 Å². The van der Waals surface area contributed by atoms with E-state index >= 15 is 0 Å². The maximum Gasteiger partial charge on any atom is 0.0956 e. The molecule has 0 aliphatic heterocycles. The predicted molar refractivity (Wildman–Crippen MR) is 71.6 cm³/mol. The van der Waals surface area contributed by atoms with E-state index in [1.807, 2.05) is 0 Å². The Balaban J connectivity index is 3.55. The van der Waals surface area contributed by atoms with Gasteiger partial charge in [0, 0.05) is 26.4 Å². The molecule has 2 atom stereocenters. The van der Waals surface area contributed by atoms with E-state index in [1.165, 1.54) is 0 Å². The standard InChI is InChI=1S/C13H29NO4/c1-11(2)9-12(14)13(10-15)18-6-4-5-17-8-7-16-3/h11-13,15H,4-10,14H2,1-3H3. The van der Waals surface area contributed by atoms with Crippen molar-refractivity contribution in [2.45, 2.75) is 38.8 Å². The van der Waals surface area contributed by atoms with Crippen LogP contribution in [0.15, 0.2) is 0 Å². The molecule has 0 radical (unpaired) electrons. The van der Waals surface area contributed by atoms with Gasteiger partial charge in [0.1, 0.15) is 0 Å². The van der Waals surface area contributed by atoms with Crippen LogP contribution in [0.2, 0.25) is 0 Å². The fraction of sp³-hybridized carbons (Fsp3) is 1.00. The summed E-state index contributed by atoms with van der Waals surface area (Å²) in [6.07, 6.45) is 1.39. The minimum atomic E-state index is -0.272. The largest absolute Gasteiger partial charge is 0.394 e. The Labute approximate surface area is 111 Å². The topological polar surface area (TPSA) is 73.9 Å². The molecule has 0 aliphatic carbocycles. The monoisotopic (exact) mass is 263 g/mol. The summed E-state index contributed by atoms with van der Waals surface area (Å²) < 4.78 is 15.8. The Morgan fingerprint density at radius 2 is 1.83 bits per heavy atom. The fourth-order valence-electron chi connectivity index (χ4n) is 1.65. The molecule has 0 aromatic carbocycles. The summed E-state index contributed by atoms with van der Waals surface area (Å²) in [7, 11) is 1.65. The van der Waals surface area contributed by atoms with Gasteiger partial charge in [-0.15, -0.1) is 0 Å². The van der Waals surface area contributed by atoms with Crippen molar-refractivity contribution in [1.29, 1.82) is 0 Å². The van der Waals surface area contributed by atoms with Crippen molar-refractivity contribution in [3.05, 3.63) is 0 Å². The highest BCUT2D eigenvalue weighted by atomic mass is 16.5. The van der Waals surface area contributed by atoms with Crippen molar-refractivity contribution in [1.82, 2.24) is 0 Å². The van der Waals surface area contributed by atoms with Gasteiger partial charge in [-0.3, -0.25) is 0 Å². The average molecular weight is 263 g/mol. The molecule has 0 aromatic heterocycles. The van der Waals surface area contributed by atoms with Crippen molar-refractivity contribution in [2.75, 3.05) is 40.1 Å². The Morgan fingerprint density at radius 3 is 2.39 bits per heavy atom. The Morgan fingerprint density at radius 1 is 1.11 bits per heavy atom. The van der Waals surface area contributed by atoms with Crippen LogP contribution in [0.3, 0.4) is 0 Å². The maximum atomic E-state index is 9.23. The maximum absolute atomic E-state index is 9.23. The summed E-state index contributed by atoms with van der Waals surface area (Å²) in [6, 6.07) is -0.107. The van der Waals surface area contributed by atoms with E-state index in [9.17, 15) is 5.11 Å². The van der Waals surface area contributed by atoms with Gasteiger partial charge in [0.2, 0.25) is 0 Å². The summed E-state index contributed by atoms with van der Waals surface area (Å²) >= 11 is 0. The third-order valence-corrected chi connectivity index (χ3v) is 2.60. The van der Waals surface area contributed by atoms with Gasteiger partial charge in [-0.25, -0.2) is 0 Å². The van der Waals surface area contributed by atoms with Crippen LogP contribution >= 0.6 is 0 Å². The molecule has 0 rings (SSSR count). The van der Waals surface area contributed by atoms with E-state index in [-0.39, 0.29) is 18.8 Å². The van der Waals surface area contributed by atoms with Gasteiger partial charge in [0.15, 0.2) is 0 Å². The lowest BCUT2D eigenvalue weighted by molar-refractivity contribution is -0.0172. The number of hydrogen-bond donors (Lipinski definition) is 2. The molecule has 0 aromatic rings. The molecule has 0 aliphatic rings. The van der Waals surface area contributed by atoms with Crippen molar-refractivity contribution in [2.24, 2.45) is 11.7 Å². The van der Waals surface area contributed by atoms with E-state index in [1.54, 1.807) is 7.11 Å². The lowest BCUT2D eigenvalue weighted by Crippen LogP contribution is -2.40. The number of aliphatic hydroxyl groups is 1. The normalized spacial score (nSPS) is 15.0. The van der Waals surface area contributed by atoms with Crippen LogP contribution in [-0.2, 0) is 14.2 Å². The summed E-state index contributed by atoms with van der Waals surface area (Å²) in [5, 5.41) is 9.23. The molecular weight excluding hydrogens is 234 g/mol. The second kappa shape index (κ2) is 11.9. The first-order valence-electron chi connectivity index (χ1n) is 6.66. The molecule has 3 N–H and O–H groups in total. The lowest BCUT2D eigenvalue weighted by atomic mass is 10.0. The van der Waals surface area contributed by atoms with E-state index in [2.05, 4.69) is 13.8 Å². The van der Waals surface area contributed by atoms with E-state index in [0.29, 0.717) is 32.3 Å². The zero-order valence-electron chi connectivity index (χ0n) is 11.9. The van der Waals surface area contributed by atoms with Gasteiger partial charge < -0.3 is 25.1 Å². The van der Waals surface area contributed by atoms with Gasteiger partial charge in [-0.05, 0) is 18.8 Å². The first-order chi connectivity index (χ1) is 8.61. The second-order valence-corrected chi connectivity index (χ2v) is 4.84. The van der Waals surface area contributed by atoms with Crippen LogP contribution in [0.1, 0.15) is 26.7 Å². The molecule has 2 unspecified atom stereocenters. The van der Waals surface area contributed by atoms with Gasteiger partial charge in [0.25, 0.3) is 0 Å². The second-order valence-electron chi connectivity index (χ2n) is 4.84. The van der Waals surface area contributed by atoms with Crippen LogP contribution in [0, 0.1) is 5.92 Å². The number of nitrogens with two attached hydrogens (primary N) is 1. The average Bonchev–Trinajstić information content (AvgIpc) is 2.31. The molecule has 0 amide bonds. The summed E-state index contributed by atoms with van der Waals surface area (Å²) in [5.41, 5.74) is 5.98. The molecule has 0 saturated heterocycles. The summed E-state index contributed by atoms with van der Waals surface area (Å²) in [5.74, 6) is 0.509. The fourth-order valence-corrected chi connectivity index (χ4v) is 1.65. The van der Waals surface area contributed by atoms with Crippen LogP contribution in [0.25, 0.3) is 0 Å². The number of hydrogen-bond acceptors (Lipinski definition) is 5. The molecule has 110 valence electrons. The Kier molecular flexibility index (Phi) is 11.7. The zero-order chi connectivity index (χ0) is 13.8. The highest BCUT2D eigenvalue weighted by Gasteiger charge is 2.18. The van der Waals surface area contributed by atoms with Gasteiger partial charge in [0.05, 0.1) is 25.9 Å². The molecule has 5 heteroatoms. The van der Waals surface area contributed by atoms with Crippen molar-refractivity contribution in [3.63, 3.8) is 0 Å². The summed E-state index contributed by atoms with van der Waals surface area (Å²) in [4.78, 5) is 0. The van der Waals surface area contributed by atoms with Crippen LogP contribution < -0.4 is 5.73 Å². The Bertz CT molecular complexity index is 178. The van der Waals surface area contributed by atoms with Crippen molar-refractivity contribution in [3.8, 4) is 0 Å². The molecule has 0 saturated carbocycles. The minimum absolute atomic E-state index is 0.0293. The first-order valence-corrected chi connectivity index (χ1v) is 6.66. The third kappa shape index (κ3) is 9.79. The molecule has 0 heterocycles.